The summed E-state index contributed by atoms with van der Waals surface area (Å²) in [6, 6.07) is -0.648. The van der Waals surface area contributed by atoms with Gasteiger partial charge in [0.05, 0.1) is 0 Å². The summed E-state index contributed by atoms with van der Waals surface area (Å²) < 4.78 is 0. The first-order valence-electron chi connectivity index (χ1n) is 5.60. The predicted octanol–water partition coefficient (Wildman–Crippen LogP) is 1.76. The van der Waals surface area contributed by atoms with Crippen LogP contribution in [-0.2, 0) is 4.79 Å². The Balaban J connectivity index is 1.98. The van der Waals surface area contributed by atoms with Gasteiger partial charge in [-0.1, -0.05) is 0 Å². The molecule has 3 N–H and O–H groups in total. The summed E-state index contributed by atoms with van der Waals surface area (Å²) in [6.07, 6.45) is 8.20. The number of carboxylic acids is 1. The van der Waals surface area contributed by atoms with Gasteiger partial charge in [0.15, 0.2) is 0 Å². The summed E-state index contributed by atoms with van der Waals surface area (Å²) in [5.41, 5.74) is 5.91. The molecule has 0 saturated heterocycles. The summed E-state index contributed by atoms with van der Waals surface area (Å²) in [7, 11) is 0. The maximum Gasteiger partial charge on any atom is 0.320 e. The van der Waals surface area contributed by atoms with Crippen molar-refractivity contribution in [3.05, 3.63) is 0 Å². The summed E-state index contributed by atoms with van der Waals surface area (Å²) in [5, 5.41) is 8.81. The number of aliphatic carboxylic acids is 1. The smallest absolute Gasteiger partial charge is 0.320 e. The Bertz CT molecular complexity index is 218. The minimum Gasteiger partial charge on any atom is -0.480 e. The molecule has 0 aromatic heterocycles. The van der Waals surface area contributed by atoms with E-state index >= 15 is 0 Å². The fourth-order valence-electron chi connectivity index (χ4n) is 3.20. The zero-order chi connectivity index (χ0) is 10.2. The van der Waals surface area contributed by atoms with Gasteiger partial charge in [0.25, 0.3) is 0 Å². The second-order valence-corrected chi connectivity index (χ2v) is 5.13. The Morgan fingerprint density at radius 2 is 1.86 bits per heavy atom. The molecule has 0 aliphatic heterocycles. The maximum absolute atomic E-state index is 10.7. The van der Waals surface area contributed by atoms with Crippen molar-refractivity contribution < 1.29 is 9.90 Å². The van der Waals surface area contributed by atoms with E-state index in [0.717, 1.165) is 5.92 Å². The van der Waals surface area contributed by atoms with Crippen molar-refractivity contribution >= 4 is 5.97 Å². The Morgan fingerprint density at radius 1 is 1.36 bits per heavy atom. The lowest BCUT2D eigenvalue weighted by molar-refractivity contribution is -0.140. The summed E-state index contributed by atoms with van der Waals surface area (Å²) in [4.78, 5) is 10.7. The first kappa shape index (κ1) is 9.97. The van der Waals surface area contributed by atoms with E-state index in [1.54, 1.807) is 0 Å². The van der Waals surface area contributed by atoms with E-state index in [1.807, 2.05) is 0 Å². The molecule has 80 valence electrons. The van der Waals surface area contributed by atoms with E-state index in [9.17, 15) is 4.79 Å². The molecule has 1 atom stereocenters. The second-order valence-electron chi connectivity index (χ2n) is 5.13. The van der Waals surface area contributed by atoms with Gasteiger partial charge < -0.3 is 10.8 Å². The molecule has 3 aliphatic carbocycles. The molecule has 0 aromatic carbocycles. The van der Waals surface area contributed by atoms with Gasteiger partial charge in [-0.05, 0) is 56.3 Å². The molecule has 3 rings (SSSR count). The minimum atomic E-state index is -0.841. The fraction of sp³-hybridized carbons (Fsp3) is 0.909. The van der Waals surface area contributed by atoms with E-state index in [4.69, 9.17) is 10.8 Å². The molecule has 0 aromatic rings. The molecule has 0 heterocycles. The zero-order valence-corrected chi connectivity index (χ0v) is 8.54. The van der Waals surface area contributed by atoms with Gasteiger partial charge in [0, 0.05) is 0 Å². The van der Waals surface area contributed by atoms with Gasteiger partial charge in [0.1, 0.15) is 6.04 Å². The highest BCUT2D eigenvalue weighted by atomic mass is 16.4. The van der Waals surface area contributed by atoms with Crippen LogP contribution in [0.3, 0.4) is 0 Å². The van der Waals surface area contributed by atoms with Crippen LogP contribution in [0.25, 0.3) is 0 Å². The molecule has 3 fully saturated rings. The van der Waals surface area contributed by atoms with Crippen molar-refractivity contribution in [2.45, 2.75) is 51.0 Å². The highest BCUT2D eigenvalue weighted by Crippen LogP contribution is 2.52. The molecule has 0 unspecified atom stereocenters. The molecule has 3 nitrogen and oxygen atoms in total. The van der Waals surface area contributed by atoms with Crippen LogP contribution in [0.4, 0.5) is 0 Å². The lowest BCUT2D eigenvalue weighted by Gasteiger charge is -2.47. The van der Waals surface area contributed by atoms with E-state index in [0.29, 0.717) is 6.42 Å². The number of fused-ring (bicyclic) bond motifs is 3. The highest BCUT2D eigenvalue weighted by Gasteiger charge is 2.41. The van der Waals surface area contributed by atoms with Crippen molar-refractivity contribution in [2.75, 3.05) is 0 Å². The number of rotatable bonds is 3. The monoisotopic (exact) mass is 197 g/mol. The lowest BCUT2D eigenvalue weighted by atomic mass is 9.58. The van der Waals surface area contributed by atoms with Crippen LogP contribution < -0.4 is 5.73 Å². The Hall–Kier alpha value is -0.570. The van der Waals surface area contributed by atoms with Crippen molar-refractivity contribution in [3.8, 4) is 0 Å². The van der Waals surface area contributed by atoms with Gasteiger partial charge in [-0.25, -0.2) is 0 Å². The number of hydrogen-bond acceptors (Lipinski definition) is 2. The quantitative estimate of drug-likeness (QED) is 0.724. The Morgan fingerprint density at radius 3 is 2.29 bits per heavy atom. The van der Waals surface area contributed by atoms with Crippen LogP contribution in [-0.4, -0.2) is 17.1 Å². The van der Waals surface area contributed by atoms with Crippen LogP contribution in [0.5, 0.6) is 0 Å². The van der Waals surface area contributed by atoms with Crippen LogP contribution >= 0.6 is 0 Å². The third-order valence-electron chi connectivity index (χ3n) is 4.22. The Labute approximate surface area is 84.7 Å². The van der Waals surface area contributed by atoms with E-state index in [-0.39, 0.29) is 5.41 Å². The third kappa shape index (κ3) is 1.78. The van der Waals surface area contributed by atoms with E-state index in [2.05, 4.69) is 0 Å². The van der Waals surface area contributed by atoms with Gasteiger partial charge in [-0.2, -0.15) is 0 Å². The fourth-order valence-corrected chi connectivity index (χ4v) is 3.20. The first-order valence-corrected chi connectivity index (χ1v) is 5.60. The molecule has 0 spiro atoms. The Kier molecular flexibility index (Phi) is 2.52. The van der Waals surface area contributed by atoms with Gasteiger partial charge in [-0.3, -0.25) is 4.79 Å². The third-order valence-corrected chi connectivity index (χ3v) is 4.22. The first-order chi connectivity index (χ1) is 6.61. The summed E-state index contributed by atoms with van der Waals surface area (Å²) in [5.74, 6) is 0.0880. The molecule has 2 bridgehead atoms. The van der Waals surface area contributed by atoms with E-state index in [1.165, 1.54) is 38.5 Å². The molecule has 3 heteroatoms. The van der Waals surface area contributed by atoms with Gasteiger partial charge in [-0.15, -0.1) is 0 Å². The molecule has 14 heavy (non-hydrogen) atoms. The average molecular weight is 197 g/mol. The maximum atomic E-state index is 10.7. The zero-order valence-electron chi connectivity index (χ0n) is 8.54. The van der Waals surface area contributed by atoms with Gasteiger partial charge in [0.2, 0.25) is 0 Å². The van der Waals surface area contributed by atoms with Gasteiger partial charge >= 0.3 is 5.97 Å². The van der Waals surface area contributed by atoms with Crippen molar-refractivity contribution in [3.63, 3.8) is 0 Å². The average Bonchev–Trinajstić information content (AvgIpc) is 2.19. The van der Waals surface area contributed by atoms with Crippen LogP contribution in [0.2, 0.25) is 0 Å². The molecule has 3 aliphatic rings. The number of hydrogen-bond donors (Lipinski definition) is 2. The highest BCUT2D eigenvalue weighted by molar-refractivity contribution is 5.73. The molecule has 0 amide bonds. The largest absolute Gasteiger partial charge is 0.480 e. The van der Waals surface area contributed by atoms with Crippen molar-refractivity contribution in [1.82, 2.24) is 0 Å². The SMILES string of the molecule is N[C@H](CC12CCC(CC1)CC2)C(=O)O. The lowest BCUT2D eigenvalue weighted by Crippen LogP contribution is -2.42. The second kappa shape index (κ2) is 3.54. The minimum absolute atomic E-state index is 0.284. The molecule has 0 radical (unpaired) electrons. The number of carbonyl (C=O) groups is 1. The van der Waals surface area contributed by atoms with Crippen molar-refractivity contribution in [2.24, 2.45) is 17.1 Å². The predicted molar refractivity (Wildman–Crippen MR) is 53.9 cm³/mol. The van der Waals surface area contributed by atoms with Crippen molar-refractivity contribution in [1.29, 1.82) is 0 Å². The molecular formula is C11H19NO2. The van der Waals surface area contributed by atoms with E-state index < -0.39 is 12.0 Å². The summed E-state index contributed by atoms with van der Waals surface area (Å²) in [6.45, 7) is 0. The standard InChI is InChI=1S/C11H19NO2/c12-9(10(13)14)7-11-4-1-8(2-5-11)3-6-11/h8-9H,1-7,12H2,(H,13,14)/t8?,9-,11?/m1/s1. The summed E-state index contributed by atoms with van der Waals surface area (Å²) >= 11 is 0. The molecule has 3 saturated carbocycles. The van der Waals surface area contributed by atoms with Crippen LogP contribution in [0.1, 0.15) is 44.9 Å². The number of nitrogens with two attached hydrogens (primary N) is 1. The van der Waals surface area contributed by atoms with Crippen LogP contribution in [0.15, 0.2) is 0 Å². The van der Waals surface area contributed by atoms with Crippen LogP contribution in [0, 0.1) is 11.3 Å². The molecular weight excluding hydrogens is 178 g/mol. The topological polar surface area (TPSA) is 63.3 Å². The number of carboxylic acid groups (broad SMARTS) is 1. The normalized spacial score (nSPS) is 38.2.